The van der Waals surface area contributed by atoms with Crippen LogP contribution in [0.2, 0.25) is 0 Å². The van der Waals surface area contributed by atoms with Gasteiger partial charge in [-0.3, -0.25) is 4.79 Å². The Morgan fingerprint density at radius 1 is 0.776 bits per heavy atom. The highest BCUT2D eigenvalue weighted by Gasteiger charge is 2.36. The molecule has 272 valence electrons. The van der Waals surface area contributed by atoms with E-state index in [4.69, 9.17) is 20.9 Å². The fraction of sp³-hybridized carbons (Fsp3) is 0.486. The van der Waals surface area contributed by atoms with Crippen LogP contribution in [-0.4, -0.2) is 35.2 Å². The van der Waals surface area contributed by atoms with Crippen LogP contribution in [0.5, 0.6) is 11.5 Å². The molecule has 0 spiro atoms. The number of carbonyl (C=O) groups excluding carboxylic acids is 1. The number of carbonyl (C=O) groups is 1. The number of ether oxygens (including phenoxy) is 2. The summed E-state index contributed by atoms with van der Waals surface area (Å²) in [5, 5.41) is 2.51. The van der Waals surface area contributed by atoms with Crippen molar-refractivity contribution in [2.75, 3.05) is 18.5 Å². The van der Waals surface area contributed by atoms with Crippen molar-refractivity contribution in [3.8, 4) is 22.6 Å². The van der Waals surface area contributed by atoms with Crippen LogP contribution in [0.4, 0.5) is 32.2 Å². The minimum absolute atomic E-state index is 0.0322. The minimum Gasteiger partial charge on any atom is -0.491 e. The first-order valence-electron chi connectivity index (χ1n) is 15.5. The average molecular weight is 764 g/mol. The number of nitrogens with two attached hydrogens (primary N) is 2. The van der Waals surface area contributed by atoms with E-state index in [9.17, 15) is 31.1 Å². The summed E-state index contributed by atoms with van der Waals surface area (Å²) in [6.07, 6.45) is -6.34. The highest BCUT2D eigenvalue weighted by atomic mass is 79.9. The topological polar surface area (TPSA) is 112 Å². The van der Waals surface area contributed by atoms with Crippen molar-refractivity contribution in [3.05, 3.63) is 70.3 Å². The van der Waals surface area contributed by atoms with E-state index in [2.05, 4.69) is 26.2 Å². The van der Waals surface area contributed by atoms with Gasteiger partial charge in [0.15, 0.2) is 0 Å². The summed E-state index contributed by atoms with van der Waals surface area (Å²) in [6, 6.07) is 10.8. The minimum atomic E-state index is -4.60. The van der Waals surface area contributed by atoms with Gasteiger partial charge in [-0.1, -0.05) is 49.7 Å². The molecule has 0 saturated carbocycles. The number of benzene rings is 2. The second kappa shape index (κ2) is 17.0. The van der Waals surface area contributed by atoms with Crippen molar-refractivity contribution in [2.45, 2.75) is 84.7 Å². The molecule has 7 nitrogen and oxygen atoms in total. The zero-order valence-electron chi connectivity index (χ0n) is 28.7. The highest BCUT2D eigenvalue weighted by Crippen LogP contribution is 2.40. The summed E-state index contributed by atoms with van der Waals surface area (Å²) in [7, 11) is 0. The molecule has 0 radical (unpaired) electrons. The molecule has 1 aromatic heterocycles. The van der Waals surface area contributed by atoms with E-state index in [0.717, 1.165) is 12.1 Å². The third-order valence-corrected chi connectivity index (χ3v) is 7.29. The summed E-state index contributed by atoms with van der Waals surface area (Å²) >= 11 is 3.03. The summed E-state index contributed by atoms with van der Waals surface area (Å²) in [5.41, 5.74) is 9.93. The Balaban J connectivity index is 0.000000365. The van der Waals surface area contributed by atoms with Crippen LogP contribution >= 0.6 is 15.9 Å². The molecular formula is C35H45BrF6N4O3. The fourth-order valence-corrected chi connectivity index (χ4v) is 5.59. The van der Waals surface area contributed by atoms with Crippen LogP contribution in [0.1, 0.15) is 72.4 Å². The Bertz CT molecular complexity index is 1540. The van der Waals surface area contributed by atoms with E-state index in [0.29, 0.717) is 40.3 Å². The van der Waals surface area contributed by atoms with Crippen molar-refractivity contribution in [3.63, 3.8) is 0 Å². The molecule has 1 amide bonds. The lowest BCUT2D eigenvalue weighted by molar-refractivity contribution is -0.140. The van der Waals surface area contributed by atoms with Crippen molar-refractivity contribution >= 4 is 27.7 Å². The van der Waals surface area contributed by atoms with Gasteiger partial charge in [0.05, 0.1) is 11.1 Å². The molecule has 5 N–H and O–H groups in total. The Morgan fingerprint density at radius 2 is 1.22 bits per heavy atom. The molecule has 2 aromatic carbocycles. The van der Waals surface area contributed by atoms with Gasteiger partial charge in [0.1, 0.15) is 30.5 Å². The SMILES string of the molecule is CC(=O)Nc1cc(-c2ccc(OC[C@@](C)(N)CC(C)C)c(C(F)(F)F)c2)ccn1.CC(C)C[C@](C)(N)COc1ccc(Br)cc1C(F)(F)F. The molecule has 0 bridgehead atoms. The maximum Gasteiger partial charge on any atom is 0.420 e. The standard InChI is InChI=1S/C21H26F3N3O2.C14H19BrF3NO/c1-13(2)11-20(4,25)12-29-18-6-5-15(9-17(18)21(22,23)24)16-7-8-26-19(10-16)27-14(3)28;1-9(2)7-13(3,19)8-20-12-5-4-10(15)6-11(12)14(16,17)18/h5-10,13H,11-12,25H2,1-4H3,(H,26,27,28);4-6,9H,7-8,19H2,1-3H3/t20-;13-/m00/s1. The lowest BCUT2D eigenvalue weighted by Gasteiger charge is -2.27. The van der Waals surface area contributed by atoms with Crippen molar-refractivity contribution in [1.29, 1.82) is 0 Å². The van der Waals surface area contributed by atoms with Gasteiger partial charge in [0.2, 0.25) is 5.91 Å². The predicted molar refractivity (Wildman–Crippen MR) is 183 cm³/mol. The molecule has 0 fully saturated rings. The van der Waals surface area contributed by atoms with Gasteiger partial charge in [-0.25, -0.2) is 4.98 Å². The van der Waals surface area contributed by atoms with Crippen molar-refractivity contribution in [2.24, 2.45) is 23.3 Å². The molecule has 0 aliphatic rings. The summed E-state index contributed by atoms with van der Waals surface area (Å²) in [4.78, 5) is 15.2. The molecule has 0 aliphatic carbocycles. The number of nitrogens with one attached hydrogen (secondary N) is 1. The van der Waals surface area contributed by atoms with E-state index in [-0.39, 0.29) is 36.4 Å². The Labute approximate surface area is 292 Å². The van der Waals surface area contributed by atoms with Gasteiger partial charge in [0.25, 0.3) is 0 Å². The van der Waals surface area contributed by atoms with E-state index in [1.54, 1.807) is 19.9 Å². The maximum absolute atomic E-state index is 13.6. The Kier molecular flexibility index (Phi) is 14.5. The third-order valence-electron chi connectivity index (χ3n) is 6.79. The second-order valence-electron chi connectivity index (χ2n) is 13.5. The van der Waals surface area contributed by atoms with Crippen LogP contribution in [0.3, 0.4) is 0 Å². The molecule has 14 heteroatoms. The van der Waals surface area contributed by atoms with E-state index >= 15 is 0 Å². The lowest BCUT2D eigenvalue weighted by atomic mass is 9.93. The highest BCUT2D eigenvalue weighted by molar-refractivity contribution is 9.10. The largest absolute Gasteiger partial charge is 0.491 e. The smallest absolute Gasteiger partial charge is 0.420 e. The van der Waals surface area contributed by atoms with E-state index < -0.39 is 34.6 Å². The number of alkyl halides is 6. The molecular weight excluding hydrogens is 718 g/mol. The van der Waals surface area contributed by atoms with Gasteiger partial charge in [-0.2, -0.15) is 26.3 Å². The number of anilines is 1. The number of amides is 1. The molecule has 0 saturated heterocycles. The Hall–Kier alpha value is -3.36. The van der Waals surface area contributed by atoms with Crippen LogP contribution < -0.4 is 26.3 Å². The molecule has 2 atom stereocenters. The maximum atomic E-state index is 13.6. The Morgan fingerprint density at radius 3 is 1.67 bits per heavy atom. The van der Waals surface area contributed by atoms with Crippen LogP contribution in [0, 0.1) is 11.8 Å². The normalized spacial score (nSPS) is 14.4. The van der Waals surface area contributed by atoms with Gasteiger partial charge in [-0.05, 0) is 92.1 Å². The first kappa shape index (κ1) is 41.8. The van der Waals surface area contributed by atoms with Gasteiger partial charge in [-0.15, -0.1) is 0 Å². The van der Waals surface area contributed by atoms with Crippen molar-refractivity contribution in [1.82, 2.24) is 4.98 Å². The second-order valence-corrected chi connectivity index (χ2v) is 14.5. The molecule has 0 aliphatic heterocycles. The zero-order chi connectivity index (χ0) is 37.4. The van der Waals surface area contributed by atoms with Crippen LogP contribution in [0.25, 0.3) is 11.1 Å². The van der Waals surface area contributed by atoms with Crippen LogP contribution in [0.15, 0.2) is 59.2 Å². The zero-order valence-corrected chi connectivity index (χ0v) is 30.2. The average Bonchev–Trinajstić information content (AvgIpc) is 2.93. The molecule has 3 aromatic rings. The first-order chi connectivity index (χ1) is 22.4. The van der Waals surface area contributed by atoms with E-state index in [1.165, 1.54) is 43.5 Å². The number of pyridine rings is 1. The summed E-state index contributed by atoms with van der Waals surface area (Å²) < 4.78 is 90.9. The quantitative estimate of drug-likeness (QED) is 0.159. The molecule has 49 heavy (non-hydrogen) atoms. The number of aromatic nitrogens is 1. The summed E-state index contributed by atoms with van der Waals surface area (Å²) in [5.74, 6) is 0.124. The van der Waals surface area contributed by atoms with E-state index in [1.807, 2.05) is 27.7 Å². The summed E-state index contributed by atoms with van der Waals surface area (Å²) in [6.45, 7) is 12.9. The van der Waals surface area contributed by atoms with Gasteiger partial charge < -0.3 is 26.3 Å². The fourth-order valence-electron chi connectivity index (χ4n) is 5.23. The third kappa shape index (κ3) is 14.6. The predicted octanol–water partition coefficient (Wildman–Crippen LogP) is 9.48. The van der Waals surface area contributed by atoms with Gasteiger partial charge in [0, 0.05) is 28.7 Å². The first-order valence-corrected chi connectivity index (χ1v) is 16.3. The lowest BCUT2D eigenvalue weighted by Crippen LogP contribution is -2.43. The molecule has 0 unspecified atom stereocenters. The molecule has 1 heterocycles. The van der Waals surface area contributed by atoms with Crippen LogP contribution in [-0.2, 0) is 17.1 Å². The van der Waals surface area contributed by atoms with Gasteiger partial charge >= 0.3 is 12.4 Å². The number of rotatable bonds is 12. The molecule has 3 rings (SSSR count). The van der Waals surface area contributed by atoms with Crippen molar-refractivity contribution < 1.29 is 40.6 Å². The number of hydrogen-bond acceptors (Lipinski definition) is 6. The number of nitrogens with zero attached hydrogens (tertiary/aromatic N) is 1. The monoisotopic (exact) mass is 762 g/mol. The number of hydrogen-bond donors (Lipinski definition) is 3. The number of halogens is 7.